The molecule has 1 saturated carbocycles. The molecule has 2 atom stereocenters. The highest BCUT2D eigenvalue weighted by Gasteiger charge is 2.35. The monoisotopic (exact) mass is 246 g/mol. The van der Waals surface area contributed by atoms with Gasteiger partial charge in [0, 0.05) is 25.7 Å². The van der Waals surface area contributed by atoms with E-state index in [9.17, 15) is 0 Å². The van der Waals surface area contributed by atoms with Gasteiger partial charge in [-0.25, -0.2) is 0 Å². The van der Waals surface area contributed by atoms with Crippen molar-refractivity contribution in [3.8, 4) is 0 Å². The number of ether oxygens (including phenoxy) is 1. The van der Waals surface area contributed by atoms with Gasteiger partial charge in [0.15, 0.2) is 0 Å². The Morgan fingerprint density at radius 1 is 1.22 bits per heavy atom. The van der Waals surface area contributed by atoms with Gasteiger partial charge in [-0.05, 0) is 30.4 Å². The first-order valence-corrected chi connectivity index (χ1v) is 7.01. The molecule has 1 aliphatic carbocycles. The second kappa shape index (κ2) is 5.39. The molecule has 1 aromatic carbocycles. The van der Waals surface area contributed by atoms with Crippen molar-refractivity contribution in [2.24, 2.45) is 5.73 Å². The minimum absolute atomic E-state index is 0.476. The van der Waals surface area contributed by atoms with Gasteiger partial charge in [-0.15, -0.1) is 0 Å². The van der Waals surface area contributed by atoms with E-state index in [-0.39, 0.29) is 0 Å². The first-order valence-electron chi connectivity index (χ1n) is 7.01. The minimum Gasteiger partial charge on any atom is -0.375 e. The maximum atomic E-state index is 5.86. The molecule has 2 aliphatic rings. The van der Waals surface area contributed by atoms with E-state index in [4.69, 9.17) is 10.5 Å². The molecular formula is C15H22N2O. The summed E-state index contributed by atoms with van der Waals surface area (Å²) in [4.78, 5) is 2.59. The van der Waals surface area contributed by atoms with Crippen LogP contribution in [0.2, 0.25) is 0 Å². The van der Waals surface area contributed by atoms with Gasteiger partial charge in [0.25, 0.3) is 0 Å². The number of nitrogens with two attached hydrogens (primary N) is 1. The number of hydrogen-bond acceptors (Lipinski definition) is 3. The third kappa shape index (κ3) is 2.30. The maximum Gasteiger partial charge on any atom is 0.0731 e. The first kappa shape index (κ1) is 12.2. The van der Waals surface area contributed by atoms with Gasteiger partial charge in [0.05, 0.1) is 12.7 Å². The lowest BCUT2D eigenvalue weighted by Crippen LogP contribution is -2.47. The Morgan fingerprint density at radius 2 is 2.06 bits per heavy atom. The third-order valence-corrected chi connectivity index (χ3v) is 4.31. The molecular weight excluding hydrogens is 224 g/mol. The van der Waals surface area contributed by atoms with Crippen LogP contribution in [0.25, 0.3) is 0 Å². The molecule has 0 bridgehead atoms. The molecule has 0 spiro atoms. The van der Waals surface area contributed by atoms with Crippen molar-refractivity contribution in [3.63, 3.8) is 0 Å². The van der Waals surface area contributed by atoms with E-state index < -0.39 is 0 Å². The molecule has 0 aromatic heterocycles. The number of benzene rings is 1. The minimum atomic E-state index is 0.476. The molecule has 1 aliphatic heterocycles. The molecule has 0 radical (unpaired) electrons. The third-order valence-electron chi connectivity index (χ3n) is 4.31. The summed E-state index contributed by atoms with van der Waals surface area (Å²) in [6.07, 6.45) is 4.31. The van der Waals surface area contributed by atoms with Gasteiger partial charge in [-0.1, -0.05) is 24.3 Å². The molecule has 3 heteroatoms. The fourth-order valence-electron chi connectivity index (χ4n) is 3.33. The highest BCUT2D eigenvalue weighted by atomic mass is 16.5. The quantitative estimate of drug-likeness (QED) is 0.885. The number of rotatable bonds is 3. The Kier molecular flexibility index (Phi) is 3.64. The fourth-order valence-corrected chi connectivity index (χ4v) is 3.33. The Morgan fingerprint density at radius 3 is 2.89 bits per heavy atom. The second-order valence-corrected chi connectivity index (χ2v) is 5.35. The highest BCUT2D eigenvalue weighted by Crippen LogP contribution is 2.30. The molecule has 1 aromatic rings. The average molecular weight is 246 g/mol. The standard InChI is InChI=1S/C15H22N2O/c16-10-12-4-1-2-5-13(12)11-17-8-9-18-15-7-3-6-14(15)17/h1-2,4-5,14-15H,3,6-11,16H2. The zero-order valence-corrected chi connectivity index (χ0v) is 10.8. The molecule has 18 heavy (non-hydrogen) atoms. The molecule has 2 N–H and O–H groups in total. The largest absolute Gasteiger partial charge is 0.375 e. The Hall–Kier alpha value is -0.900. The summed E-state index contributed by atoms with van der Waals surface area (Å²) in [5, 5.41) is 0. The lowest BCUT2D eigenvalue weighted by Gasteiger charge is -2.38. The van der Waals surface area contributed by atoms with Crippen LogP contribution in [-0.4, -0.2) is 30.2 Å². The topological polar surface area (TPSA) is 38.5 Å². The van der Waals surface area contributed by atoms with Crippen LogP contribution < -0.4 is 5.73 Å². The molecule has 98 valence electrons. The van der Waals surface area contributed by atoms with Crippen LogP contribution >= 0.6 is 0 Å². The molecule has 1 saturated heterocycles. The van der Waals surface area contributed by atoms with E-state index in [1.54, 1.807) is 0 Å². The Labute approximate surface area is 109 Å². The molecule has 3 rings (SSSR count). The predicted octanol–water partition coefficient (Wildman–Crippen LogP) is 1.90. The second-order valence-electron chi connectivity index (χ2n) is 5.35. The lowest BCUT2D eigenvalue weighted by atomic mass is 10.0. The van der Waals surface area contributed by atoms with Gasteiger partial charge in [-0.3, -0.25) is 4.90 Å². The van der Waals surface area contributed by atoms with Crippen molar-refractivity contribution < 1.29 is 4.74 Å². The van der Waals surface area contributed by atoms with E-state index in [0.29, 0.717) is 18.7 Å². The zero-order valence-electron chi connectivity index (χ0n) is 10.8. The van der Waals surface area contributed by atoms with Crippen LogP contribution in [0.4, 0.5) is 0 Å². The molecule has 1 heterocycles. The number of hydrogen-bond donors (Lipinski definition) is 1. The van der Waals surface area contributed by atoms with E-state index in [0.717, 1.165) is 19.7 Å². The van der Waals surface area contributed by atoms with Gasteiger partial charge in [0.1, 0.15) is 0 Å². The molecule has 0 amide bonds. The lowest BCUT2D eigenvalue weighted by molar-refractivity contribution is -0.0588. The highest BCUT2D eigenvalue weighted by molar-refractivity contribution is 5.27. The van der Waals surface area contributed by atoms with Crippen molar-refractivity contribution in [2.75, 3.05) is 13.2 Å². The summed E-state index contributed by atoms with van der Waals surface area (Å²) >= 11 is 0. The van der Waals surface area contributed by atoms with Gasteiger partial charge in [0.2, 0.25) is 0 Å². The summed E-state index contributed by atoms with van der Waals surface area (Å²) in [6, 6.07) is 9.16. The Balaban J connectivity index is 1.75. The Bertz CT molecular complexity index is 407. The van der Waals surface area contributed by atoms with Gasteiger partial charge in [-0.2, -0.15) is 0 Å². The van der Waals surface area contributed by atoms with E-state index in [1.807, 2.05) is 0 Å². The summed E-state index contributed by atoms with van der Waals surface area (Å²) in [6.45, 7) is 3.60. The van der Waals surface area contributed by atoms with Crippen molar-refractivity contribution in [3.05, 3.63) is 35.4 Å². The van der Waals surface area contributed by atoms with Gasteiger partial charge >= 0.3 is 0 Å². The van der Waals surface area contributed by atoms with E-state index in [1.165, 1.54) is 30.4 Å². The van der Waals surface area contributed by atoms with Crippen LogP contribution in [0.15, 0.2) is 24.3 Å². The van der Waals surface area contributed by atoms with Crippen LogP contribution in [-0.2, 0) is 17.8 Å². The average Bonchev–Trinajstić information content (AvgIpc) is 2.89. The predicted molar refractivity (Wildman–Crippen MR) is 72.1 cm³/mol. The summed E-state index contributed by atoms with van der Waals surface area (Å²) < 4.78 is 5.86. The number of morpholine rings is 1. The maximum absolute atomic E-state index is 5.86. The zero-order chi connectivity index (χ0) is 12.4. The van der Waals surface area contributed by atoms with Crippen LogP contribution in [0, 0.1) is 0 Å². The number of fused-ring (bicyclic) bond motifs is 1. The van der Waals surface area contributed by atoms with Crippen molar-refractivity contribution in [1.29, 1.82) is 0 Å². The van der Waals surface area contributed by atoms with E-state index in [2.05, 4.69) is 29.2 Å². The van der Waals surface area contributed by atoms with Crippen LogP contribution in [0.3, 0.4) is 0 Å². The van der Waals surface area contributed by atoms with Crippen molar-refractivity contribution in [2.45, 2.75) is 44.5 Å². The van der Waals surface area contributed by atoms with Crippen molar-refractivity contribution in [1.82, 2.24) is 4.90 Å². The molecule has 2 unspecified atom stereocenters. The summed E-state index contributed by atoms with van der Waals surface area (Å²) in [5.74, 6) is 0. The fraction of sp³-hybridized carbons (Fsp3) is 0.600. The van der Waals surface area contributed by atoms with E-state index >= 15 is 0 Å². The summed E-state index contributed by atoms with van der Waals surface area (Å²) in [5.41, 5.74) is 8.48. The molecule has 3 nitrogen and oxygen atoms in total. The van der Waals surface area contributed by atoms with Gasteiger partial charge < -0.3 is 10.5 Å². The molecule has 2 fully saturated rings. The smallest absolute Gasteiger partial charge is 0.0731 e. The van der Waals surface area contributed by atoms with Crippen LogP contribution in [0.5, 0.6) is 0 Å². The van der Waals surface area contributed by atoms with Crippen molar-refractivity contribution >= 4 is 0 Å². The SMILES string of the molecule is NCc1ccccc1CN1CCOC2CCCC21. The normalized spacial score (nSPS) is 28.3. The first-order chi connectivity index (χ1) is 8.88. The number of nitrogens with zero attached hydrogens (tertiary/aromatic N) is 1. The summed E-state index contributed by atoms with van der Waals surface area (Å²) in [7, 11) is 0. The van der Waals surface area contributed by atoms with Crippen LogP contribution in [0.1, 0.15) is 30.4 Å².